The van der Waals surface area contributed by atoms with E-state index in [0.29, 0.717) is 5.90 Å². The molecule has 0 aromatic heterocycles. The highest BCUT2D eigenvalue weighted by Crippen LogP contribution is 2.27. The number of aryl methyl sites for hydroxylation is 2. The second-order valence-electron chi connectivity index (χ2n) is 6.87. The fourth-order valence-corrected chi connectivity index (χ4v) is 3.24. The molecular weight excluding hydrogens is 346 g/mol. The van der Waals surface area contributed by atoms with Crippen LogP contribution in [0.4, 0.5) is 5.69 Å². The first-order valence-corrected chi connectivity index (χ1v) is 9.60. The van der Waals surface area contributed by atoms with E-state index in [0.717, 1.165) is 35.6 Å². The molecule has 0 atom stereocenters. The number of aliphatic imine (C=N–C) groups is 1. The van der Waals surface area contributed by atoms with Gasteiger partial charge in [0.2, 0.25) is 5.90 Å². The van der Waals surface area contributed by atoms with Crippen molar-refractivity contribution < 1.29 is 9.47 Å². The zero-order chi connectivity index (χ0) is 19.2. The lowest BCUT2D eigenvalue weighted by atomic mass is 10.1. The van der Waals surface area contributed by atoms with Gasteiger partial charge in [0.05, 0.1) is 11.9 Å². The number of benzene rings is 3. The molecule has 0 saturated heterocycles. The van der Waals surface area contributed by atoms with Crippen molar-refractivity contribution in [2.75, 3.05) is 0 Å². The summed E-state index contributed by atoms with van der Waals surface area (Å²) >= 11 is 0. The Morgan fingerprint density at radius 3 is 2.32 bits per heavy atom. The van der Waals surface area contributed by atoms with Gasteiger partial charge in [0, 0.05) is 5.57 Å². The minimum absolute atomic E-state index is 0.528. The van der Waals surface area contributed by atoms with Gasteiger partial charge in [-0.15, -0.1) is 0 Å². The molecule has 0 radical (unpaired) electrons. The molecule has 3 aromatic rings. The van der Waals surface area contributed by atoms with Crippen LogP contribution in [0.25, 0.3) is 0 Å². The van der Waals surface area contributed by atoms with Crippen LogP contribution in [0.2, 0.25) is 0 Å². The summed E-state index contributed by atoms with van der Waals surface area (Å²) in [6.45, 7) is 1.94. The van der Waals surface area contributed by atoms with Crippen LogP contribution in [0.3, 0.4) is 0 Å². The second-order valence-corrected chi connectivity index (χ2v) is 6.87. The first kappa shape index (κ1) is 18.1. The van der Waals surface area contributed by atoms with Crippen molar-refractivity contribution in [1.82, 2.24) is 0 Å². The molecule has 0 spiro atoms. The number of para-hydroxylation sites is 2. The van der Waals surface area contributed by atoms with E-state index >= 15 is 0 Å². The Morgan fingerprint density at radius 1 is 0.821 bits per heavy atom. The highest BCUT2D eigenvalue weighted by Gasteiger charge is 2.13. The maximum absolute atomic E-state index is 6.20. The first-order valence-electron chi connectivity index (χ1n) is 9.60. The Bertz CT molecular complexity index is 992. The van der Waals surface area contributed by atoms with Gasteiger partial charge in [-0.05, 0) is 73.7 Å². The van der Waals surface area contributed by atoms with Crippen LogP contribution in [0, 0.1) is 0 Å². The van der Waals surface area contributed by atoms with Crippen molar-refractivity contribution in [2.45, 2.75) is 26.2 Å². The van der Waals surface area contributed by atoms with E-state index in [1.807, 2.05) is 73.7 Å². The summed E-state index contributed by atoms with van der Waals surface area (Å²) in [5.74, 6) is 2.11. The number of hydrogen-bond donors (Lipinski definition) is 0. The average molecular weight is 369 g/mol. The molecule has 4 rings (SSSR count). The van der Waals surface area contributed by atoms with E-state index in [4.69, 9.17) is 14.5 Å². The van der Waals surface area contributed by atoms with Crippen molar-refractivity contribution in [3.8, 4) is 11.5 Å². The largest absolute Gasteiger partial charge is 0.465 e. The van der Waals surface area contributed by atoms with E-state index in [1.54, 1.807) is 6.26 Å². The summed E-state index contributed by atoms with van der Waals surface area (Å²) in [5, 5.41) is 0. The Morgan fingerprint density at radius 2 is 1.54 bits per heavy atom. The van der Waals surface area contributed by atoms with Gasteiger partial charge in [-0.25, -0.2) is 4.99 Å². The quantitative estimate of drug-likeness (QED) is 0.302. The SMILES string of the molecule is CC(=COc1ccccc1)C(=Nc1ccccc1)Oc1ccc2c(c1)CCC2. The minimum Gasteiger partial charge on any atom is -0.465 e. The summed E-state index contributed by atoms with van der Waals surface area (Å²) in [7, 11) is 0. The highest BCUT2D eigenvalue weighted by atomic mass is 16.5. The molecule has 3 nitrogen and oxygen atoms in total. The van der Waals surface area contributed by atoms with Crippen molar-refractivity contribution >= 4 is 11.6 Å². The molecule has 0 aliphatic heterocycles. The number of ether oxygens (including phenoxy) is 2. The molecule has 1 aliphatic rings. The molecule has 140 valence electrons. The van der Waals surface area contributed by atoms with Crippen LogP contribution in [-0.4, -0.2) is 5.90 Å². The normalized spacial score (nSPS) is 13.9. The molecule has 1 aliphatic carbocycles. The summed E-state index contributed by atoms with van der Waals surface area (Å²) in [4.78, 5) is 4.71. The van der Waals surface area contributed by atoms with E-state index in [1.165, 1.54) is 17.5 Å². The van der Waals surface area contributed by atoms with Crippen LogP contribution in [0.15, 0.2) is 95.7 Å². The Labute approximate surface area is 166 Å². The zero-order valence-corrected chi connectivity index (χ0v) is 16.0. The summed E-state index contributed by atoms with van der Waals surface area (Å²) in [5.41, 5.74) is 4.45. The number of fused-ring (bicyclic) bond motifs is 1. The third kappa shape index (κ3) is 4.49. The molecular formula is C25H23NO2. The van der Waals surface area contributed by atoms with Crippen LogP contribution in [0.1, 0.15) is 24.5 Å². The Balaban J connectivity index is 1.61. The molecule has 28 heavy (non-hydrogen) atoms. The van der Waals surface area contributed by atoms with Gasteiger partial charge in [-0.1, -0.05) is 42.5 Å². The molecule has 0 heterocycles. The van der Waals surface area contributed by atoms with Gasteiger partial charge < -0.3 is 9.47 Å². The van der Waals surface area contributed by atoms with Gasteiger partial charge in [0.15, 0.2) is 0 Å². The van der Waals surface area contributed by atoms with Gasteiger partial charge in [-0.2, -0.15) is 0 Å². The number of hydrogen-bond acceptors (Lipinski definition) is 3. The topological polar surface area (TPSA) is 30.8 Å². The fraction of sp³-hybridized carbons (Fsp3) is 0.160. The van der Waals surface area contributed by atoms with Crippen molar-refractivity contribution in [3.05, 3.63) is 102 Å². The number of nitrogens with zero attached hydrogens (tertiary/aromatic N) is 1. The molecule has 0 N–H and O–H groups in total. The standard InChI is InChI=1S/C25H23NO2/c1-19(18-27-23-13-6-3-7-14-23)25(26-22-11-4-2-5-12-22)28-24-16-15-20-9-8-10-21(20)17-24/h2-7,11-18H,8-10H2,1H3. The third-order valence-electron chi connectivity index (χ3n) is 4.72. The van der Waals surface area contributed by atoms with E-state index in [9.17, 15) is 0 Å². The monoisotopic (exact) mass is 369 g/mol. The van der Waals surface area contributed by atoms with E-state index in [-0.39, 0.29) is 0 Å². The van der Waals surface area contributed by atoms with Gasteiger partial charge >= 0.3 is 0 Å². The predicted molar refractivity (Wildman–Crippen MR) is 113 cm³/mol. The molecule has 3 aromatic carbocycles. The van der Waals surface area contributed by atoms with Gasteiger partial charge in [0.25, 0.3) is 0 Å². The zero-order valence-electron chi connectivity index (χ0n) is 16.0. The third-order valence-corrected chi connectivity index (χ3v) is 4.72. The first-order chi connectivity index (χ1) is 13.8. The average Bonchev–Trinajstić information content (AvgIpc) is 3.21. The highest BCUT2D eigenvalue weighted by molar-refractivity contribution is 5.96. The molecule has 0 unspecified atom stereocenters. The Hall–Kier alpha value is -3.33. The van der Waals surface area contributed by atoms with Crippen LogP contribution in [-0.2, 0) is 12.8 Å². The molecule has 0 bridgehead atoms. The maximum atomic E-state index is 6.20. The lowest BCUT2D eigenvalue weighted by Gasteiger charge is -2.11. The van der Waals surface area contributed by atoms with Crippen LogP contribution < -0.4 is 9.47 Å². The lowest BCUT2D eigenvalue weighted by molar-refractivity contribution is 0.473. The molecule has 0 fully saturated rings. The van der Waals surface area contributed by atoms with Gasteiger partial charge in [-0.3, -0.25) is 0 Å². The second kappa shape index (κ2) is 8.57. The van der Waals surface area contributed by atoms with Crippen LogP contribution >= 0.6 is 0 Å². The van der Waals surface area contributed by atoms with Crippen molar-refractivity contribution in [1.29, 1.82) is 0 Å². The fourth-order valence-electron chi connectivity index (χ4n) is 3.24. The summed E-state index contributed by atoms with van der Waals surface area (Å²) in [6.07, 6.45) is 5.17. The van der Waals surface area contributed by atoms with Crippen molar-refractivity contribution in [3.63, 3.8) is 0 Å². The van der Waals surface area contributed by atoms with E-state index in [2.05, 4.69) is 12.1 Å². The lowest BCUT2D eigenvalue weighted by Crippen LogP contribution is -2.11. The van der Waals surface area contributed by atoms with Gasteiger partial charge in [0.1, 0.15) is 11.5 Å². The van der Waals surface area contributed by atoms with Crippen LogP contribution in [0.5, 0.6) is 11.5 Å². The minimum atomic E-state index is 0.528. The van der Waals surface area contributed by atoms with Crippen molar-refractivity contribution in [2.24, 2.45) is 4.99 Å². The molecule has 3 heteroatoms. The number of rotatable bonds is 5. The maximum Gasteiger partial charge on any atom is 0.225 e. The molecule has 0 saturated carbocycles. The van der Waals surface area contributed by atoms with E-state index < -0.39 is 0 Å². The molecule has 0 amide bonds. The smallest absolute Gasteiger partial charge is 0.225 e. The predicted octanol–water partition coefficient (Wildman–Crippen LogP) is 6.27. The summed E-state index contributed by atoms with van der Waals surface area (Å²) in [6, 6.07) is 25.8. The summed E-state index contributed by atoms with van der Waals surface area (Å²) < 4.78 is 12.0. The Kier molecular flexibility index (Phi) is 5.53.